The molecule has 1 saturated heterocycles. The number of likely N-dealkylation sites (tertiary alicyclic amines) is 1. The summed E-state index contributed by atoms with van der Waals surface area (Å²) in [7, 11) is 0. The second kappa shape index (κ2) is 5.63. The number of piperidine rings is 1. The van der Waals surface area contributed by atoms with Crippen molar-refractivity contribution >= 4 is 17.6 Å². The van der Waals surface area contributed by atoms with Crippen LogP contribution in [0.4, 0.5) is 0 Å². The molecule has 2 amide bonds. The molecule has 0 unspecified atom stereocenters. The van der Waals surface area contributed by atoms with E-state index in [1.807, 2.05) is 0 Å². The summed E-state index contributed by atoms with van der Waals surface area (Å²) in [5.41, 5.74) is 0. The summed E-state index contributed by atoms with van der Waals surface area (Å²) in [6.07, 6.45) is 1.47. The van der Waals surface area contributed by atoms with Crippen LogP contribution in [-0.2, 0) is 14.4 Å². The molecular formula is C11H18N2O3. The van der Waals surface area contributed by atoms with Crippen molar-refractivity contribution < 1.29 is 14.4 Å². The topological polar surface area (TPSA) is 66.5 Å². The molecule has 1 fully saturated rings. The van der Waals surface area contributed by atoms with E-state index in [9.17, 15) is 14.4 Å². The van der Waals surface area contributed by atoms with Crippen molar-refractivity contribution in [2.75, 3.05) is 19.6 Å². The van der Waals surface area contributed by atoms with Gasteiger partial charge in [0.25, 0.3) is 0 Å². The molecule has 5 nitrogen and oxygen atoms in total. The van der Waals surface area contributed by atoms with Gasteiger partial charge in [-0.25, -0.2) is 0 Å². The summed E-state index contributed by atoms with van der Waals surface area (Å²) in [5, 5.41) is 2.48. The molecule has 1 rings (SSSR count). The molecule has 0 radical (unpaired) electrons. The maximum Gasteiger partial charge on any atom is 0.241 e. The Morgan fingerprint density at radius 2 is 1.75 bits per heavy atom. The standard InChI is InChI=1S/C11H18N2O3/c1-8(14)10-3-5-13(6-4-10)11(16)7-12-9(2)15/h10H,3-7H2,1-2H3,(H,12,15). The molecule has 90 valence electrons. The van der Waals surface area contributed by atoms with Gasteiger partial charge in [0.05, 0.1) is 6.54 Å². The van der Waals surface area contributed by atoms with Crippen molar-refractivity contribution in [1.29, 1.82) is 0 Å². The highest BCUT2D eigenvalue weighted by molar-refractivity contribution is 5.84. The number of carbonyl (C=O) groups is 3. The highest BCUT2D eigenvalue weighted by Crippen LogP contribution is 2.17. The van der Waals surface area contributed by atoms with Gasteiger partial charge in [-0.15, -0.1) is 0 Å². The zero-order valence-electron chi connectivity index (χ0n) is 9.78. The van der Waals surface area contributed by atoms with Gasteiger partial charge in [-0.1, -0.05) is 0 Å². The minimum absolute atomic E-state index is 0.0556. The van der Waals surface area contributed by atoms with Crippen molar-refractivity contribution in [3.63, 3.8) is 0 Å². The van der Waals surface area contributed by atoms with E-state index in [1.165, 1.54) is 6.92 Å². The fraction of sp³-hybridized carbons (Fsp3) is 0.727. The highest BCUT2D eigenvalue weighted by atomic mass is 16.2. The summed E-state index contributed by atoms with van der Waals surface area (Å²) >= 11 is 0. The van der Waals surface area contributed by atoms with Gasteiger partial charge in [0.2, 0.25) is 11.8 Å². The lowest BCUT2D eigenvalue weighted by Gasteiger charge is -2.30. The fourth-order valence-corrected chi connectivity index (χ4v) is 1.85. The number of Topliss-reactive ketones (excluding diaryl/α,β-unsaturated/α-hetero) is 1. The van der Waals surface area contributed by atoms with Gasteiger partial charge in [-0.3, -0.25) is 14.4 Å². The molecule has 0 saturated carbocycles. The molecule has 0 atom stereocenters. The molecule has 0 aromatic rings. The van der Waals surface area contributed by atoms with Crippen LogP contribution in [0, 0.1) is 5.92 Å². The Balaban J connectivity index is 2.33. The Labute approximate surface area is 95.2 Å². The van der Waals surface area contributed by atoms with Crippen LogP contribution in [0.5, 0.6) is 0 Å². The molecule has 16 heavy (non-hydrogen) atoms. The van der Waals surface area contributed by atoms with E-state index in [-0.39, 0.29) is 30.1 Å². The second-order valence-electron chi connectivity index (χ2n) is 4.18. The van der Waals surface area contributed by atoms with Crippen molar-refractivity contribution in [2.45, 2.75) is 26.7 Å². The van der Waals surface area contributed by atoms with Crippen LogP contribution in [-0.4, -0.2) is 42.1 Å². The van der Waals surface area contributed by atoms with Crippen LogP contribution >= 0.6 is 0 Å². The van der Waals surface area contributed by atoms with Crippen LogP contribution in [0.15, 0.2) is 0 Å². The van der Waals surface area contributed by atoms with Crippen LogP contribution in [0.25, 0.3) is 0 Å². The van der Waals surface area contributed by atoms with Crippen LogP contribution < -0.4 is 5.32 Å². The summed E-state index contributed by atoms with van der Waals surface area (Å²) < 4.78 is 0. The van der Waals surface area contributed by atoms with E-state index in [1.54, 1.807) is 11.8 Å². The zero-order chi connectivity index (χ0) is 12.1. The number of amides is 2. The minimum Gasteiger partial charge on any atom is -0.347 e. The second-order valence-corrected chi connectivity index (χ2v) is 4.18. The van der Waals surface area contributed by atoms with E-state index >= 15 is 0 Å². The predicted octanol–water partition coefficient (Wildman–Crippen LogP) is -0.0499. The molecule has 1 N–H and O–H groups in total. The lowest BCUT2D eigenvalue weighted by atomic mass is 9.93. The van der Waals surface area contributed by atoms with Gasteiger partial charge in [0, 0.05) is 25.9 Å². The Kier molecular flexibility index (Phi) is 4.46. The molecule has 1 aliphatic rings. The number of nitrogens with one attached hydrogen (secondary N) is 1. The van der Waals surface area contributed by atoms with E-state index in [2.05, 4.69) is 5.32 Å². The molecule has 0 aromatic carbocycles. The Morgan fingerprint density at radius 1 is 1.19 bits per heavy atom. The number of carbonyl (C=O) groups excluding carboxylic acids is 3. The smallest absolute Gasteiger partial charge is 0.241 e. The molecule has 0 bridgehead atoms. The van der Waals surface area contributed by atoms with Gasteiger partial charge >= 0.3 is 0 Å². The first kappa shape index (κ1) is 12.7. The highest BCUT2D eigenvalue weighted by Gasteiger charge is 2.24. The SMILES string of the molecule is CC(=O)NCC(=O)N1CCC(C(C)=O)CC1. The fourth-order valence-electron chi connectivity index (χ4n) is 1.85. The monoisotopic (exact) mass is 226 g/mol. The van der Waals surface area contributed by atoms with E-state index in [0.29, 0.717) is 13.1 Å². The number of hydrogen-bond donors (Lipinski definition) is 1. The maximum atomic E-state index is 11.6. The first-order valence-electron chi connectivity index (χ1n) is 5.53. The van der Waals surface area contributed by atoms with E-state index in [4.69, 9.17) is 0 Å². The Hall–Kier alpha value is -1.39. The van der Waals surface area contributed by atoms with Crippen molar-refractivity contribution in [3.8, 4) is 0 Å². The van der Waals surface area contributed by atoms with Crippen molar-refractivity contribution in [3.05, 3.63) is 0 Å². The minimum atomic E-state index is -0.202. The average molecular weight is 226 g/mol. The predicted molar refractivity (Wildman–Crippen MR) is 58.7 cm³/mol. The Morgan fingerprint density at radius 3 is 2.19 bits per heavy atom. The number of hydrogen-bond acceptors (Lipinski definition) is 3. The molecule has 1 aliphatic heterocycles. The third-order valence-corrected chi connectivity index (χ3v) is 2.91. The lowest BCUT2D eigenvalue weighted by Crippen LogP contribution is -2.44. The zero-order valence-corrected chi connectivity index (χ0v) is 9.78. The van der Waals surface area contributed by atoms with Crippen molar-refractivity contribution in [2.24, 2.45) is 5.92 Å². The molecule has 0 aromatic heterocycles. The van der Waals surface area contributed by atoms with Crippen LogP contribution in [0.2, 0.25) is 0 Å². The normalized spacial score (nSPS) is 17.0. The maximum absolute atomic E-state index is 11.6. The largest absolute Gasteiger partial charge is 0.347 e. The third kappa shape index (κ3) is 3.64. The van der Waals surface area contributed by atoms with E-state index in [0.717, 1.165) is 12.8 Å². The first-order chi connectivity index (χ1) is 7.50. The number of rotatable bonds is 3. The molecule has 5 heteroatoms. The summed E-state index contributed by atoms with van der Waals surface area (Å²) in [6, 6.07) is 0. The lowest BCUT2D eigenvalue weighted by molar-refractivity contribution is -0.135. The van der Waals surface area contributed by atoms with Gasteiger partial charge in [-0.05, 0) is 19.8 Å². The van der Waals surface area contributed by atoms with Crippen LogP contribution in [0.3, 0.4) is 0 Å². The first-order valence-corrected chi connectivity index (χ1v) is 5.53. The molecule has 0 aliphatic carbocycles. The Bertz CT molecular complexity index is 294. The van der Waals surface area contributed by atoms with E-state index < -0.39 is 0 Å². The quantitative estimate of drug-likeness (QED) is 0.733. The molecular weight excluding hydrogens is 208 g/mol. The summed E-state index contributed by atoms with van der Waals surface area (Å²) in [5.74, 6) is 0.0305. The average Bonchev–Trinajstić information content (AvgIpc) is 2.26. The molecule has 0 spiro atoms. The van der Waals surface area contributed by atoms with Crippen molar-refractivity contribution in [1.82, 2.24) is 10.2 Å². The van der Waals surface area contributed by atoms with Gasteiger partial charge in [0.1, 0.15) is 5.78 Å². The summed E-state index contributed by atoms with van der Waals surface area (Å²) in [6.45, 7) is 4.26. The number of ketones is 1. The van der Waals surface area contributed by atoms with Gasteiger partial charge in [-0.2, -0.15) is 0 Å². The third-order valence-electron chi connectivity index (χ3n) is 2.91. The number of nitrogens with zero attached hydrogens (tertiary/aromatic N) is 1. The van der Waals surface area contributed by atoms with Gasteiger partial charge in [0.15, 0.2) is 0 Å². The van der Waals surface area contributed by atoms with Crippen LogP contribution in [0.1, 0.15) is 26.7 Å². The summed E-state index contributed by atoms with van der Waals surface area (Å²) in [4.78, 5) is 35.1. The van der Waals surface area contributed by atoms with Gasteiger partial charge < -0.3 is 10.2 Å². The molecule has 1 heterocycles.